The summed E-state index contributed by atoms with van der Waals surface area (Å²) >= 11 is 0. The number of aliphatic carboxylic acids is 1. The topological polar surface area (TPSA) is 80.4 Å². The Morgan fingerprint density at radius 2 is 1.92 bits per heavy atom. The minimum Gasteiger partial charge on any atom is -0.481 e. The second kappa shape index (κ2) is 3.77. The van der Waals surface area contributed by atoms with Crippen LogP contribution in [0.1, 0.15) is 26.2 Å². The Bertz CT molecular complexity index is 227. The Kier molecular flexibility index (Phi) is 2.90. The zero-order valence-corrected chi connectivity index (χ0v) is 7.69. The van der Waals surface area contributed by atoms with E-state index < -0.39 is 23.7 Å². The smallest absolute Gasteiger partial charge is 0.307 e. The van der Waals surface area contributed by atoms with Crippen molar-refractivity contribution in [1.29, 1.82) is 0 Å². The molecule has 1 fully saturated rings. The molecule has 3 N–H and O–H groups in total. The first-order valence-electron chi connectivity index (χ1n) is 4.54. The minimum absolute atomic E-state index is 0.386. The summed E-state index contributed by atoms with van der Waals surface area (Å²) in [6.07, 6.45) is 2.09. The molecular weight excluding hydrogens is 170 g/mol. The van der Waals surface area contributed by atoms with Crippen molar-refractivity contribution in [3.8, 4) is 0 Å². The van der Waals surface area contributed by atoms with Gasteiger partial charge >= 0.3 is 5.97 Å². The molecule has 0 radical (unpaired) electrons. The van der Waals surface area contributed by atoms with E-state index in [1.165, 1.54) is 0 Å². The van der Waals surface area contributed by atoms with Crippen LogP contribution < -0.4 is 5.73 Å². The highest BCUT2D eigenvalue weighted by atomic mass is 16.4. The third kappa shape index (κ3) is 2.20. The van der Waals surface area contributed by atoms with E-state index in [0.717, 1.165) is 6.42 Å². The predicted molar refractivity (Wildman–Crippen MR) is 46.8 cm³/mol. The third-order valence-electron chi connectivity index (χ3n) is 2.80. The third-order valence-corrected chi connectivity index (χ3v) is 2.80. The molecule has 0 aromatic heterocycles. The minimum atomic E-state index is -0.893. The van der Waals surface area contributed by atoms with Gasteiger partial charge in [-0.3, -0.25) is 9.59 Å². The van der Waals surface area contributed by atoms with Gasteiger partial charge in [0, 0.05) is 0 Å². The van der Waals surface area contributed by atoms with Crippen LogP contribution in [-0.2, 0) is 9.59 Å². The van der Waals surface area contributed by atoms with Crippen molar-refractivity contribution in [3.05, 3.63) is 0 Å². The maximum Gasteiger partial charge on any atom is 0.307 e. The lowest BCUT2D eigenvalue weighted by Gasteiger charge is -2.29. The highest BCUT2D eigenvalue weighted by Crippen LogP contribution is 2.33. The second-order valence-electron chi connectivity index (χ2n) is 3.87. The van der Waals surface area contributed by atoms with Crippen LogP contribution in [0.25, 0.3) is 0 Å². The Morgan fingerprint density at radius 3 is 2.38 bits per heavy atom. The lowest BCUT2D eigenvalue weighted by atomic mass is 9.74. The number of rotatable bonds is 2. The Hall–Kier alpha value is -1.06. The van der Waals surface area contributed by atoms with Gasteiger partial charge in [-0.2, -0.15) is 0 Å². The molecule has 4 heteroatoms. The van der Waals surface area contributed by atoms with E-state index in [1.54, 1.807) is 0 Å². The van der Waals surface area contributed by atoms with Gasteiger partial charge in [-0.15, -0.1) is 0 Å². The standard InChI is InChI=1S/C9H15NO3/c1-5-2-3-6(8(10)11)7(4-5)9(12)13/h5-7H,2-4H2,1H3,(H2,10,11)(H,12,13). The van der Waals surface area contributed by atoms with Crippen LogP contribution in [0.3, 0.4) is 0 Å². The van der Waals surface area contributed by atoms with E-state index in [1.807, 2.05) is 6.92 Å². The van der Waals surface area contributed by atoms with E-state index in [-0.39, 0.29) is 0 Å². The summed E-state index contributed by atoms with van der Waals surface area (Å²) in [5.74, 6) is -2.01. The highest BCUT2D eigenvalue weighted by Gasteiger charge is 2.36. The quantitative estimate of drug-likeness (QED) is 0.661. The highest BCUT2D eigenvalue weighted by molar-refractivity contribution is 5.83. The maximum atomic E-state index is 10.9. The van der Waals surface area contributed by atoms with E-state index in [4.69, 9.17) is 10.8 Å². The van der Waals surface area contributed by atoms with Crippen molar-refractivity contribution in [1.82, 2.24) is 0 Å². The van der Waals surface area contributed by atoms with E-state index >= 15 is 0 Å². The number of amides is 1. The van der Waals surface area contributed by atoms with Crippen molar-refractivity contribution in [2.75, 3.05) is 0 Å². The molecule has 74 valence electrons. The Labute approximate surface area is 77.1 Å². The number of hydrogen-bond acceptors (Lipinski definition) is 2. The molecule has 0 heterocycles. The van der Waals surface area contributed by atoms with Gasteiger partial charge in [0.25, 0.3) is 0 Å². The molecule has 3 atom stereocenters. The van der Waals surface area contributed by atoms with Crippen molar-refractivity contribution < 1.29 is 14.7 Å². The normalized spacial score (nSPS) is 34.1. The van der Waals surface area contributed by atoms with Crippen LogP contribution in [-0.4, -0.2) is 17.0 Å². The number of primary amides is 1. The van der Waals surface area contributed by atoms with Crippen molar-refractivity contribution in [3.63, 3.8) is 0 Å². The fraction of sp³-hybridized carbons (Fsp3) is 0.778. The van der Waals surface area contributed by atoms with Gasteiger partial charge in [0.15, 0.2) is 0 Å². The van der Waals surface area contributed by atoms with Crippen LogP contribution in [0.5, 0.6) is 0 Å². The average Bonchev–Trinajstić information content (AvgIpc) is 2.03. The summed E-state index contributed by atoms with van der Waals surface area (Å²) in [7, 11) is 0. The monoisotopic (exact) mass is 185 g/mol. The first-order chi connectivity index (χ1) is 6.02. The summed E-state index contributed by atoms with van der Waals surface area (Å²) in [5.41, 5.74) is 5.14. The molecule has 4 nitrogen and oxygen atoms in total. The number of carbonyl (C=O) groups is 2. The van der Waals surface area contributed by atoms with Crippen LogP contribution in [0.15, 0.2) is 0 Å². The van der Waals surface area contributed by atoms with Crippen molar-refractivity contribution in [2.45, 2.75) is 26.2 Å². The van der Waals surface area contributed by atoms with Crippen LogP contribution in [0, 0.1) is 17.8 Å². The van der Waals surface area contributed by atoms with Gasteiger partial charge in [0.05, 0.1) is 11.8 Å². The van der Waals surface area contributed by atoms with Gasteiger partial charge < -0.3 is 10.8 Å². The fourth-order valence-electron chi connectivity index (χ4n) is 1.99. The van der Waals surface area contributed by atoms with E-state index in [0.29, 0.717) is 18.8 Å². The number of carbonyl (C=O) groups excluding carboxylic acids is 1. The number of hydrogen-bond donors (Lipinski definition) is 2. The summed E-state index contributed by atoms with van der Waals surface area (Å²) in [4.78, 5) is 21.7. The number of carboxylic acids is 1. The molecule has 0 aromatic rings. The van der Waals surface area contributed by atoms with Crippen LogP contribution in [0.2, 0.25) is 0 Å². The maximum absolute atomic E-state index is 10.9. The summed E-state index contributed by atoms with van der Waals surface area (Å²) in [5, 5.41) is 8.87. The predicted octanol–water partition coefficient (Wildman–Crippen LogP) is 0.609. The molecule has 1 aliphatic carbocycles. The lowest BCUT2D eigenvalue weighted by Crippen LogP contribution is -2.38. The molecule has 1 amide bonds. The molecule has 1 saturated carbocycles. The SMILES string of the molecule is CC1CCC(C(N)=O)C(C(=O)O)C1. The zero-order valence-electron chi connectivity index (χ0n) is 7.69. The summed E-state index contributed by atoms with van der Waals surface area (Å²) < 4.78 is 0. The number of nitrogens with two attached hydrogens (primary N) is 1. The van der Waals surface area contributed by atoms with Crippen molar-refractivity contribution >= 4 is 11.9 Å². The van der Waals surface area contributed by atoms with Gasteiger partial charge in [-0.05, 0) is 25.2 Å². The molecule has 1 aliphatic rings. The summed E-state index contributed by atoms with van der Waals surface area (Å²) in [6.45, 7) is 2.01. The molecule has 0 saturated heterocycles. The Morgan fingerprint density at radius 1 is 1.31 bits per heavy atom. The molecule has 0 aliphatic heterocycles. The fourth-order valence-corrected chi connectivity index (χ4v) is 1.99. The van der Waals surface area contributed by atoms with E-state index in [2.05, 4.69) is 0 Å². The second-order valence-corrected chi connectivity index (χ2v) is 3.87. The lowest BCUT2D eigenvalue weighted by molar-refractivity contribution is -0.149. The summed E-state index contributed by atoms with van der Waals surface area (Å²) in [6, 6.07) is 0. The molecule has 3 unspecified atom stereocenters. The first kappa shape index (κ1) is 10.0. The molecule has 1 rings (SSSR count). The van der Waals surface area contributed by atoms with Gasteiger partial charge in [0.2, 0.25) is 5.91 Å². The van der Waals surface area contributed by atoms with Gasteiger partial charge in [-0.25, -0.2) is 0 Å². The molecule has 13 heavy (non-hydrogen) atoms. The van der Waals surface area contributed by atoms with Gasteiger partial charge in [-0.1, -0.05) is 6.92 Å². The van der Waals surface area contributed by atoms with Crippen LogP contribution >= 0.6 is 0 Å². The molecular formula is C9H15NO3. The number of carboxylic acid groups (broad SMARTS) is 1. The molecule has 0 bridgehead atoms. The van der Waals surface area contributed by atoms with E-state index in [9.17, 15) is 9.59 Å². The Balaban J connectivity index is 2.72. The molecule has 0 spiro atoms. The average molecular weight is 185 g/mol. The molecule has 0 aromatic carbocycles. The largest absolute Gasteiger partial charge is 0.481 e. The first-order valence-corrected chi connectivity index (χ1v) is 4.54. The zero-order chi connectivity index (χ0) is 10.0. The van der Waals surface area contributed by atoms with Crippen molar-refractivity contribution in [2.24, 2.45) is 23.5 Å². The van der Waals surface area contributed by atoms with Crippen LogP contribution in [0.4, 0.5) is 0 Å². The van der Waals surface area contributed by atoms with Gasteiger partial charge in [0.1, 0.15) is 0 Å².